The summed E-state index contributed by atoms with van der Waals surface area (Å²) >= 11 is 0. The fraction of sp³-hybridized carbons (Fsp3) is 0.435. The highest BCUT2D eigenvalue weighted by Crippen LogP contribution is 2.24. The van der Waals surface area contributed by atoms with E-state index >= 15 is 0 Å². The lowest BCUT2D eigenvalue weighted by atomic mass is 9.88. The first-order valence-corrected chi connectivity index (χ1v) is 9.44. The second-order valence-corrected chi connectivity index (χ2v) is 6.60. The molecule has 1 unspecified atom stereocenters. The zero-order chi connectivity index (χ0) is 17.2. The molecule has 1 heteroatoms. The Morgan fingerprint density at radius 2 is 1.50 bits per heavy atom. The summed E-state index contributed by atoms with van der Waals surface area (Å²) in [6, 6.07) is 18.4. The number of benzene rings is 2. The summed E-state index contributed by atoms with van der Waals surface area (Å²) in [5.41, 5.74) is 3.29. The van der Waals surface area contributed by atoms with Crippen LogP contribution in [0.1, 0.15) is 79.8 Å². The van der Waals surface area contributed by atoms with E-state index in [2.05, 4.69) is 38.1 Å². The van der Waals surface area contributed by atoms with Crippen LogP contribution in [0.2, 0.25) is 0 Å². The van der Waals surface area contributed by atoms with Gasteiger partial charge in [-0.05, 0) is 30.4 Å². The fourth-order valence-corrected chi connectivity index (χ4v) is 3.23. The lowest BCUT2D eigenvalue weighted by Gasteiger charge is -2.14. The van der Waals surface area contributed by atoms with Crippen molar-refractivity contribution in [1.29, 1.82) is 0 Å². The van der Waals surface area contributed by atoms with Crippen LogP contribution in [0.15, 0.2) is 54.6 Å². The Bertz CT molecular complexity index is 598. The molecule has 2 aromatic carbocycles. The molecule has 0 spiro atoms. The molecule has 2 aromatic rings. The van der Waals surface area contributed by atoms with E-state index in [1.54, 1.807) is 0 Å². The zero-order valence-corrected chi connectivity index (χ0v) is 15.1. The molecule has 0 amide bonds. The molecule has 0 aliphatic heterocycles. The largest absolute Gasteiger partial charge is 0.293 e. The Kier molecular flexibility index (Phi) is 7.74. The third-order valence-electron chi connectivity index (χ3n) is 4.73. The van der Waals surface area contributed by atoms with Crippen LogP contribution in [0.25, 0.3) is 0 Å². The lowest BCUT2D eigenvalue weighted by Crippen LogP contribution is -2.12. The number of rotatable bonds is 10. The van der Waals surface area contributed by atoms with Crippen molar-refractivity contribution in [3.05, 3.63) is 71.3 Å². The summed E-state index contributed by atoms with van der Waals surface area (Å²) < 4.78 is 0. The Balaban J connectivity index is 1.95. The average molecular weight is 322 g/mol. The van der Waals surface area contributed by atoms with E-state index < -0.39 is 0 Å². The first-order valence-electron chi connectivity index (χ1n) is 9.44. The van der Waals surface area contributed by atoms with E-state index in [1.807, 2.05) is 30.3 Å². The zero-order valence-electron chi connectivity index (χ0n) is 15.1. The van der Waals surface area contributed by atoms with E-state index in [1.165, 1.54) is 37.7 Å². The monoisotopic (exact) mass is 322 g/mol. The van der Waals surface area contributed by atoms with Gasteiger partial charge in [-0.15, -0.1) is 0 Å². The number of Topliss-reactive ketones (excluding diaryl/α,β-unsaturated/α-hetero) is 1. The summed E-state index contributed by atoms with van der Waals surface area (Å²) in [6.45, 7) is 4.33. The molecule has 0 aliphatic rings. The standard InChI is InChI=1S/C23H30O/c1-3-5-6-7-9-12-19-15-17-21(18-16-19)23(24)22(4-2)20-13-10-8-11-14-20/h8,10-11,13-18,22H,3-7,9,12H2,1-2H3. The summed E-state index contributed by atoms with van der Waals surface area (Å²) in [4.78, 5) is 12.8. The lowest BCUT2D eigenvalue weighted by molar-refractivity contribution is 0.0957. The van der Waals surface area contributed by atoms with Gasteiger partial charge in [-0.2, -0.15) is 0 Å². The van der Waals surface area contributed by atoms with Crippen molar-refractivity contribution in [2.75, 3.05) is 0 Å². The molecule has 0 radical (unpaired) electrons. The smallest absolute Gasteiger partial charge is 0.170 e. The highest BCUT2D eigenvalue weighted by Gasteiger charge is 2.19. The minimum absolute atomic E-state index is 0.0360. The third kappa shape index (κ3) is 5.33. The number of carbonyl (C=O) groups excluding carboxylic acids is 1. The van der Waals surface area contributed by atoms with E-state index in [4.69, 9.17) is 0 Å². The van der Waals surface area contributed by atoms with Gasteiger partial charge in [0.05, 0.1) is 0 Å². The van der Waals surface area contributed by atoms with Crippen LogP contribution in [-0.4, -0.2) is 5.78 Å². The minimum atomic E-state index is -0.0360. The van der Waals surface area contributed by atoms with Crippen LogP contribution in [0.4, 0.5) is 0 Å². The van der Waals surface area contributed by atoms with Crippen LogP contribution in [-0.2, 0) is 6.42 Å². The molecule has 0 fully saturated rings. The molecular formula is C23H30O. The van der Waals surface area contributed by atoms with E-state index in [0.717, 1.165) is 24.0 Å². The van der Waals surface area contributed by atoms with Gasteiger partial charge in [-0.25, -0.2) is 0 Å². The maximum atomic E-state index is 12.8. The minimum Gasteiger partial charge on any atom is -0.293 e. The maximum absolute atomic E-state index is 12.8. The van der Waals surface area contributed by atoms with Gasteiger partial charge in [0.1, 0.15) is 0 Å². The molecular weight excluding hydrogens is 292 g/mol. The van der Waals surface area contributed by atoms with Crippen molar-refractivity contribution in [1.82, 2.24) is 0 Å². The molecule has 1 atom stereocenters. The molecule has 1 nitrogen and oxygen atoms in total. The molecule has 0 heterocycles. The predicted molar refractivity (Wildman–Crippen MR) is 103 cm³/mol. The number of unbranched alkanes of at least 4 members (excludes halogenated alkanes) is 4. The number of aryl methyl sites for hydroxylation is 1. The van der Waals surface area contributed by atoms with E-state index in [9.17, 15) is 4.79 Å². The molecule has 0 bridgehead atoms. The van der Waals surface area contributed by atoms with Crippen LogP contribution in [0.5, 0.6) is 0 Å². The highest BCUT2D eigenvalue weighted by molar-refractivity contribution is 6.00. The first kappa shape index (κ1) is 18.4. The van der Waals surface area contributed by atoms with Gasteiger partial charge < -0.3 is 0 Å². The quantitative estimate of drug-likeness (QED) is 0.357. The Morgan fingerprint density at radius 1 is 0.833 bits per heavy atom. The maximum Gasteiger partial charge on any atom is 0.170 e. The predicted octanol–water partition coefficient (Wildman–Crippen LogP) is 6.58. The van der Waals surface area contributed by atoms with Crippen LogP contribution >= 0.6 is 0 Å². The molecule has 0 N–H and O–H groups in total. The fourth-order valence-electron chi connectivity index (χ4n) is 3.23. The van der Waals surface area contributed by atoms with E-state index in [-0.39, 0.29) is 11.7 Å². The van der Waals surface area contributed by atoms with Crippen molar-refractivity contribution in [3.8, 4) is 0 Å². The Hall–Kier alpha value is -1.89. The van der Waals surface area contributed by atoms with Gasteiger partial charge in [0.2, 0.25) is 0 Å². The summed E-state index contributed by atoms with van der Waals surface area (Å²) in [5, 5.41) is 0. The third-order valence-corrected chi connectivity index (χ3v) is 4.73. The summed E-state index contributed by atoms with van der Waals surface area (Å²) in [7, 11) is 0. The Morgan fingerprint density at radius 3 is 2.12 bits per heavy atom. The molecule has 0 aromatic heterocycles. The summed E-state index contributed by atoms with van der Waals surface area (Å²) in [5.74, 6) is 0.198. The van der Waals surface area contributed by atoms with Gasteiger partial charge in [0.25, 0.3) is 0 Å². The normalized spacial score (nSPS) is 12.1. The van der Waals surface area contributed by atoms with Gasteiger partial charge in [-0.1, -0.05) is 94.1 Å². The number of carbonyl (C=O) groups is 1. The second-order valence-electron chi connectivity index (χ2n) is 6.60. The highest BCUT2D eigenvalue weighted by atomic mass is 16.1. The van der Waals surface area contributed by atoms with Gasteiger partial charge in [0, 0.05) is 11.5 Å². The van der Waals surface area contributed by atoms with Gasteiger partial charge >= 0.3 is 0 Å². The average Bonchev–Trinajstić information content (AvgIpc) is 2.63. The van der Waals surface area contributed by atoms with Crippen LogP contribution in [0.3, 0.4) is 0 Å². The van der Waals surface area contributed by atoms with Crippen molar-refractivity contribution in [3.63, 3.8) is 0 Å². The van der Waals surface area contributed by atoms with Gasteiger partial charge in [0.15, 0.2) is 5.78 Å². The molecule has 0 saturated heterocycles. The summed E-state index contributed by atoms with van der Waals surface area (Å²) in [6.07, 6.45) is 8.47. The molecule has 2 rings (SSSR count). The van der Waals surface area contributed by atoms with Crippen LogP contribution < -0.4 is 0 Å². The number of ketones is 1. The second kappa shape index (κ2) is 10.1. The number of hydrogen-bond donors (Lipinski definition) is 0. The van der Waals surface area contributed by atoms with Crippen molar-refractivity contribution in [2.24, 2.45) is 0 Å². The van der Waals surface area contributed by atoms with Crippen molar-refractivity contribution < 1.29 is 4.79 Å². The van der Waals surface area contributed by atoms with Gasteiger partial charge in [-0.3, -0.25) is 4.79 Å². The molecule has 24 heavy (non-hydrogen) atoms. The molecule has 128 valence electrons. The van der Waals surface area contributed by atoms with Crippen molar-refractivity contribution in [2.45, 2.75) is 64.7 Å². The Labute approximate surface area is 147 Å². The molecule has 0 aliphatic carbocycles. The molecule has 0 saturated carbocycles. The SMILES string of the molecule is CCCCCCCc1ccc(C(=O)C(CC)c2ccccc2)cc1. The van der Waals surface area contributed by atoms with Crippen LogP contribution in [0, 0.1) is 0 Å². The topological polar surface area (TPSA) is 17.1 Å². The van der Waals surface area contributed by atoms with Crippen molar-refractivity contribution >= 4 is 5.78 Å². The first-order chi connectivity index (χ1) is 11.8. The number of hydrogen-bond acceptors (Lipinski definition) is 1. The van der Waals surface area contributed by atoms with E-state index in [0.29, 0.717) is 0 Å².